The Kier molecular flexibility index (Phi) is 2.14. The number of carboxylic acid groups (broad SMARTS) is 1. The molecule has 0 aromatic carbocycles. The third kappa shape index (κ3) is 1.79. The van der Waals surface area contributed by atoms with Gasteiger partial charge in [-0.25, -0.2) is 14.2 Å². The minimum absolute atomic E-state index is 0.0734. The maximum atomic E-state index is 13.1. The zero-order chi connectivity index (χ0) is 9.35. The monoisotopic (exact) mass is 189 g/mol. The molecule has 0 spiro atoms. The zero-order valence-electron chi connectivity index (χ0n) is 6.67. The molecule has 0 bridgehead atoms. The summed E-state index contributed by atoms with van der Waals surface area (Å²) < 4.78 is 13.1. The van der Waals surface area contributed by atoms with Crippen molar-refractivity contribution in [3.05, 3.63) is 16.1 Å². The van der Waals surface area contributed by atoms with E-state index in [9.17, 15) is 9.18 Å². The molecule has 3 nitrogen and oxygen atoms in total. The van der Waals surface area contributed by atoms with Gasteiger partial charge >= 0.3 is 5.97 Å². The lowest BCUT2D eigenvalue weighted by Crippen LogP contribution is -2.10. The van der Waals surface area contributed by atoms with E-state index in [2.05, 4.69) is 4.98 Å². The molecule has 0 radical (unpaired) electrons. The maximum Gasteiger partial charge on any atom is 0.365 e. The van der Waals surface area contributed by atoms with Gasteiger partial charge in [0.25, 0.3) is 0 Å². The van der Waals surface area contributed by atoms with Crippen molar-refractivity contribution in [2.24, 2.45) is 0 Å². The number of hydrogen-bond acceptors (Lipinski definition) is 3. The Balaban J connectivity index is 3.00. The van der Waals surface area contributed by atoms with Gasteiger partial charge in [-0.3, -0.25) is 0 Å². The molecule has 1 N–H and O–H groups in total. The first-order valence-corrected chi connectivity index (χ1v) is 4.17. The highest BCUT2D eigenvalue weighted by molar-refractivity contribution is 7.11. The molecule has 0 amide bonds. The quantitative estimate of drug-likeness (QED) is 0.774. The number of rotatable bonds is 2. The molecule has 0 unspecified atom stereocenters. The predicted molar refractivity (Wildman–Crippen MR) is 43.2 cm³/mol. The van der Waals surface area contributed by atoms with E-state index < -0.39 is 11.6 Å². The molecule has 1 heterocycles. The van der Waals surface area contributed by atoms with Gasteiger partial charge in [-0.1, -0.05) is 0 Å². The molecule has 12 heavy (non-hydrogen) atoms. The van der Waals surface area contributed by atoms with Crippen molar-refractivity contribution in [3.63, 3.8) is 0 Å². The molecule has 66 valence electrons. The topological polar surface area (TPSA) is 50.2 Å². The fourth-order valence-electron chi connectivity index (χ4n) is 0.645. The molecule has 5 heteroatoms. The number of nitrogens with zero attached hydrogens (tertiary/aromatic N) is 1. The van der Waals surface area contributed by atoms with Gasteiger partial charge in [-0.2, -0.15) is 0 Å². The Labute approximate surface area is 72.9 Å². The summed E-state index contributed by atoms with van der Waals surface area (Å²) in [6.07, 6.45) is 0. The van der Waals surface area contributed by atoms with Gasteiger partial charge < -0.3 is 5.11 Å². The molecule has 1 aromatic heterocycles. The molecule has 0 atom stereocenters. The number of thiazole rings is 1. The number of carboxylic acids is 1. The normalized spacial score (nSPS) is 11.6. The molecule has 0 saturated carbocycles. The van der Waals surface area contributed by atoms with E-state index in [0.717, 1.165) is 11.3 Å². The van der Waals surface area contributed by atoms with Crippen LogP contribution in [-0.4, -0.2) is 16.1 Å². The second-order valence-electron chi connectivity index (χ2n) is 2.82. The van der Waals surface area contributed by atoms with Gasteiger partial charge in [0.2, 0.25) is 5.01 Å². The number of aromatic carboxylic acids is 1. The van der Waals surface area contributed by atoms with Crippen LogP contribution < -0.4 is 0 Å². The van der Waals surface area contributed by atoms with Crippen LogP contribution in [0.5, 0.6) is 0 Å². The molecule has 0 aliphatic heterocycles. The van der Waals surface area contributed by atoms with Gasteiger partial charge in [0.05, 0.1) is 5.69 Å². The van der Waals surface area contributed by atoms with E-state index in [1.54, 1.807) is 0 Å². The van der Waals surface area contributed by atoms with E-state index in [-0.39, 0.29) is 10.7 Å². The average Bonchev–Trinajstić information content (AvgIpc) is 2.30. The summed E-state index contributed by atoms with van der Waals surface area (Å²) in [4.78, 5) is 14.0. The summed E-state index contributed by atoms with van der Waals surface area (Å²) >= 11 is 0.934. The highest BCUT2D eigenvalue weighted by Gasteiger charge is 2.23. The predicted octanol–water partition coefficient (Wildman–Crippen LogP) is 2.05. The minimum atomic E-state index is -1.57. The molecule has 0 saturated heterocycles. The molecular formula is C7H8FNO2S. The fraction of sp³-hybridized carbons (Fsp3) is 0.429. The van der Waals surface area contributed by atoms with Crippen LogP contribution in [0.3, 0.4) is 0 Å². The number of halogens is 1. The molecule has 0 aliphatic carbocycles. The summed E-state index contributed by atoms with van der Waals surface area (Å²) in [6.45, 7) is 2.68. The second-order valence-corrected chi connectivity index (χ2v) is 3.67. The van der Waals surface area contributed by atoms with Gasteiger partial charge in [-0.15, -0.1) is 11.3 Å². The molecule has 0 aliphatic rings. The number of carbonyl (C=O) groups is 1. The maximum absolute atomic E-state index is 13.1. The second kappa shape index (κ2) is 2.82. The number of alkyl halides is 1. The molecule has 1 rings (SSSR count). The van der Waals surface area contributed by atoms with E-state index in [1.165, 1.54) is 19.2 Å². The number of aromatic nitrogens is 1. The number of hydrogen-bond donors (Lipinski definition) is 1. The molecule has 0 fully saturated rings. The first-order valence-electron chi connectivity index (χ1n) is 3.29. The lowest BCUT2D eigenvalue weighted by atomic mass is 10.1. The smallest absolute Gasteiger partial charge is 0.365 e. The van der Waals surface area contributed by atoms with Gasteiger partial charge in [-0.05, 0) is 13.8 Å². The highest BCUT2D eigenvalue weighted by atomic mass is 32.1. The Bertz CT molecular complexity index is 303. The first-order chi connectivity index (χ1) is 5.41. The molecule has 1 aromatic rings. The van der Waals surface area contributed by atoms with Crippen molar-refractivity contribution in [1.29, 1.82) is 0 Å². The summed E-state index contributed by atoms with van der Waals surface area (Å²) in [5.41, 5.74) is -1.39. The standard InChI is InChI=1S/C7H8FNO2S/c1-7(2,8)4-3-12-5(9-4)6(10)11/h3H,1-2H3,(H,10,11). The Morgan fingerprint density at radius 3 is 2.58 bits per heavy atom. The Morgan fingerprint density at radius 1 is 1.75 bits per heavy atom. The van der Waals surface area contributed by atoms with Crippen LogP contribution in [0.25, 0.3) is 0 Å². The van der Waals surface area contributed by atoms with Crippen LogP contribution >= 0.6 is 11.3 Å². The van der Waals surface area contributed by atoms with Crippen molar-refractivity contribution in [1.82, 2.24) is 4.98 Å². The van der Waals surface area contributed by atoms with Crippen LogP contribution in [0, 0.1) is 0 Å². The first kappa shape index (κ1) is 9.12. The van der Waals surface area contributed by atoms with Crippen LogP contribution in [0.4, 0.5) is 4.39 Å². The lowest BCUT2D eigenvalue weighted by Gasteiger charge is -2.08. The summed E-state index contributed by atoms with van der Waals surface area (Å²) in [6, 6.07) is 0. The van der Waals surface area contributed by atoms with Crippen LogP contribution in [-0.2, 0) is 5.67 Å². The largest absolute Gasteiger partial charge is 0.476 e. The highest BCUT2D eigenvalue weighted by Crippen LogP contribution is 2.25. The van der Waals surface area contributed by atoms with E-state index >= 15 is 0 Å². The third-order valence-electron chi connectivity index (χ3n) is 1.30. The van der Waals surface area contributed by atoms with Crippen molar-refractivity contribution in [3.8, 4) is 0 Å². The van der Waals surface area contributed by atoms with Gasteiger partial charge in [0, 0.05) is 5.38 Å². The SMILES string of the molecule is CC(C)(F)c1csc(C(=O)O)n1. The van der Waals surface area contributed by atoms with Crippen molar-refractivity contribution in [2.75, 3.05) is 0 Å². The Hall–Kier alpha value is -0.970. The average molecular weight is 189 g/mol. The molecular weight excluding hydrogens is 181 g/mol. The van der Waals surface area contributed by atoms with E-state index in [4.69, 9.17) is 5.11 Å². The van der Waals surface area contributed by atoms with E-state index in [1.807, 2.05) is 0 Å². The van der Waals surface area contributed by atoms with Crippen molar-refractivity contribution in [2.45, 2.75) is 19.5 Å². The third-order valence-corrected chi connectivity index (χ3v) is 2.13. The lowest BCUT2D eigenvalue weighted by molar-refractivity contribution is 0.0695. The summed E-state index contributed by atoms with van der Waals surface area (Å²) in [7, 11) is 0. The van der Waals surface area contributed by atoms with Crippen molar-refractivity contribution >= 4 is 17.3 Å². The van der Waals surface area contributed by atoms with Gasteiger partial charge in [0.1, 0.15) is 5.67 Å². The fourth-order valence-corrected chi connectivity index (χ4v) is 1.45. The summed E-state index contributed by atoms with van der Waals surface area (Å²) in [5.74, 6) is -1.12. The Morgan fingerprint density at radius 2 is 2.33 bits per heavy atom. The van der Waals surface area contributed by atoms with Crippen LogP contribution in [0.15, 0.2) is 5.38 Å². The van der Waals surface area contributed by atoms with Crippen LogP contribution in [0.1, 0.15) is 29.3 Å². The van der Waals surface area contributed by atoms with Crippen LogP contribution in [0.2, 0.25) is 0 Å². The van der Waals surface area contributed by atoms with Gasteiger partial charge in [0.15, 0.2) is 0 Å². The van der Waals surface area contributed by atoms with E-state index in [0.29, 0.717) is 0 Å². The zero-order valence-corrected chi connectivity index (χ0v) is 7.48. The van der Waals surface area contributed by atoms with Crippen molar-refractivity contribution < 1.29 is 14.3 Å². The summed E-state index contributed by atoms with van der Waals surface area (Å²) in [5, 5.41) is 9.84. The minimum Gasteiger partial charge on any atom is -0.476 e.